The quantitative estimate of drug-likeness (QED) is 0.0265. The fourth-order valence-corrected chi connectivity index (χ4v) is 6.26. The Hall–Kier alpha value is -2.71. The number of carboxylic acid groups (broad SMARTS) is 1. The first-order valence-electron chi connectivity index (χ1n) is 22.2. The van der Waals surface area contributed by atoms with Gasteiger partial charge in [0.25, 0.3) is 0 Å². The van der Waals surface area contributed by atoms with Gasteiger partial charge in [-0.1, -0.05) is 140 Å². The first-order valence-corrected chi connectivity index (χ1v) is 22.2. The summed E-state index contributed by atoms with van der Waals surface area (Å²) in [5, 5.41) is 11.6. The number of carboxylic acids is 1. The maximum atomic E-state index is 12.7. The summed E-state index contributed by atoms with van der Waals surface area (Å²) >= 11 is 0. The van der Waals surface area contributed by atoms with Crippen molar-refractivity contribution in [3.63, 3.8) is 0 Å². The number of esters is 2. The molecule has 0 saturated carbocycles. The maximum absolute atomic E-state index is 12.7. The molecule has 0 fully saturated rings. The van der Waals surface area contributed by atoms with E-state index in [0.29, 0.717) is 19.3 Å². The Morgan fingerprint density at radius 3 is 1.56 bits per heavy atom. The number of carbonyl (C=O) groups is 3. The Kier molecular flexibility index (Phi) is 36.3. The number of quaternary nitrogens is 1. The number of unbranched alkanes of at least 4 members (excludes halogenated alkanes) is 17. The van der Waals surface area contributed by atoms with E-state index in [1.54, 1.807) is 21.1 Å². The molecule has 2 unspecified atom stereocenters. The lowest BCUT2D eigenvalue weighted by Gasteiger charge is -2.34. The second-order valence-electron chi connectivity index (χ2n) is 15.9. The number of hydrogen-bond donors (Lipinski definition) is 0. The van der Waals surface area contributed by atoms with Gasteiger partial charge in [0.2, 0.25) is 0 Å². The highest BCUT2D eigenvalue weighted by Gasteiger charge is 2.25. The lowest BCUT2D eigenvalue weighted by molar-refractivity contribution is -0.889. The van der Waals surface area contributed by atoms with Crippen LogP contribution < -0.4 is 5.11 Å². The second kappa shape index (κ2) is 38.2. The van der Waals surface area contributed by atoms with Crippen LogP contribution in [-0.2, 0) is 28.6 Å². The summed E-state index contributed by atoms with van der Waals surface area (Å²) in [6.07, 6.45) is 44.3. The van der Waals surface area contributed by atoms with Crippen molar-refractivity contribution in [3.8, 4) is 0 Å². The van der Waals surface area contributed by atoms with E-state index in [1.165, 1.54) is 89.9 Å². The van der Waals surface area contributed by atoms with E-state index < -0.39 is 18.1 Å². The molecule has 0 aromatic heterocycles. The van der Waals surface area contributed by atoms with Crippen LogP contribution in [0, 0.1) is 0 Å². The summed E-state index contributed by atoms with van der Waals surface area (Å²) in [6.45, 7) is 4.50. The van der Waals surface area contributed by atoms with E-state index in [4.69, 9.17) is 14.2 Å². The zero-order valence-corrected chi connectivity index (χ0v) is 36.1. The van der Waals surface area contributed by atoms with E-state index in [2.05, 4.69) is 62.5 Å². The van der Waals surface area contributed by atoms with E-state index in [-0.39, 0.29) is 42.7 Å². The molecule has 0 aliphatic rings. The second-order valence-corrected chi connectivity index (χ2v) is 15.9. The molecule has 2 atom stereocenters. The van der Waals surface area contributed by atoms with Gasteiger partial charge in [-0.05, 0) is 70.6 Å². The average Bonchev–Trinajstić information content (AvgIpc) is 3.14. The molecule has 0 saturated heterocycles. The molecule has 0 amide bonds. The van der Waals surface area contributed by atoms with Crippen molar-refractivity contribution in [2.45, 2.75) is 193 Å². The molecular weight excluding hydrogens is 691 g/mol. The third kappa shape index (κ3) is 36.7. The van der Waals surface area contributed by atoms with Crippen LogP contribution in [0.1, 0.15) is 181 Å². The molecular formula is C47H83NO7. The van der Waals surface area contributed by atoms with Gasteiger partial charge in [-0.15, -0.1) is 0 Å². The summed E-state index contributed by atoms with van der Waals surface area (Å²) in [5.41, 5.74) is 0. The van der Waals surface area contributed by atoms with Crippen molar-refractivity contribution in [2.75, 3.05) is 41.0 Å². The fourth-order valence-electron chi connectivity index (χ4n) is 6.26. The van der Waals surface area contributed by atoms with E-state index >= 15 is 0 Å². The van der Waals surface area contributed by atoms with E-state index in [0.717, 1.165) is 51.4 Å². The van der Waals surface area contributed by atoms with Gasteiger partial charge in [-0.25, -0.2) is 0 Å². The van der Waals surface area contributed by atoms with Crippen molar-refractivity contribution in [2.24, 2.45) is 0 Å². The fraction of sp³-hybridized carbons (Fsp3) is 0.766. The highest BCUT2D eigenvalue weighted by Crippen LogP contribution is 2.14. The van der Waals surface area contributed by atoms with Gasteiger partial charge < -0.3 is 28.6 Å². The van der Waals surface area contributed by atoms with Crippen LogP contribution in [0.4, 0.5) is 0 Å². The summed E-state index contributed by atoms with van der Waals surface area (Å²) in [4.78, 5) is 36.8. The van der Waals surface area contributed by atoms with Crippen molar-refractivity contribution >= 4 is 17.9 Å². The largest absolute Gasteiger partial charge is 0.544 e. The molecule has 0 aromatic carbocycles. The van der Waals surface area contributed by atoms with Crippen molar-refractivity contribution in [1.82, 2.24) is 0 Å². The van der Waals surface area contributed by atoms with Crippen molar-refractivity contribution < 1.29 is 38.2 Å². The van der Waals surface area contributed by atoms with E-state index in [1.807, 2.05) is 0 Å². The van der Waals surface area contributed by atoms with Gasteiger partial charge in [0.1, 0.15) is 12.6 Å². The number of rotatable bonds is 39. The third-order valence-electron chi connectivity index (χ3n) is 9.70. The number of hydrogen-bond acceptors (Lipinski definition) is 7. The summed E-state index contributed by atoms with van der Waals surface area (Å²) in [7, 11) is 5.39. The standard InChI is InChI=1S/C47H83NO7/c1-6-8-10-12-14-16-18-20-21-22-23-24-25-26-28-30-32-34-36-38-46(50)55-43(41-53-40-39-44(47(51)52)48(3,4)5)42-54-45(49)37-35-33-31-29-27-19-17-15-13-11-9-7-2/h9,11,15,17,22-23,27,29,43-44H,6-8,10,12-14,16,18-21,24-26,28,30-42H2,1-5H3/b11-9+,17-15+,23-22+,29-27+. The minimum Gasteiger partial charge on any atom is -0.544 e. The van der Waals surface area contributed by atoms with Crippen LogP contribution in [0.25, 0.3) is 0 Å². The lowest BCUT2D eigenvalue weighted by atomic mass is 10.1. The molecule has 0 aromatic rings. The zero-order chi connectivity index (χ0) is 40.7. The number of nitrogens with zero attached hydrogens (tertiary/aromatic N) is 1. The van der Waals surface area contributed by atoms with Crippen LogP contribution in [0.3, 0.4) is 0 Å². The normalized spacial score (nSPS) is 13.4. The minimum absolute atomic E-state index is 0.0262. The predicted molar refractivity (Wildman–Crippen MR) is 226 cm³/mol. The number of carbonyl (C=O) groups excluding carboxylic acids is 3. The Morgan fingerprint density at radius 2 is 1.02 bits per heavy atom. The number of ether oxygens (including phenoxy) is 3. The smallest absolute Gasteiger partial charge is 0.306 e. The highest BCUT2D eigenvalue weighted by molar-refractivity contribution is 5.70. The lowest BCUT2D eigenvalue weighted by Crippen LogP contribution is -2.55. The molecule has 55 heavy (non-hydrogen) atoms. The average molecular weight is 774 g/mol. The van der Waals surface area contributed by atoms with Crippen LogP contribution in [-0.4, -0.2) is 75.5 Å². The summed E-state index contributed by atoms with van der Waals surface area (Å²) in [6, 6.07) is -0.732. The Morgan fingerprint density at radius 1 is 0.564 bits per heavy atom. The molecule has 318 valence electrons. The topological polar surface area (TPSA) is 102 Å². The van der Waals surface area contributed by atoms with E-state index in [9.17, 15) is 19.5 Å². The van der Waals surface area contributed by atoms with Crippen LogP contribution in [0.2, 0.25) is 0 Å². The highest BCUT2D eigenvalue weighted by atomic mass is 16.6. The first-order chi connectivity index (χ1) is 26.6. The van der Waals surface area contributed by atoms with Crippen molar-refractivity contribution in [3.05, 3.63) is 48.6 Å². The van der Waals surface area contributed by atoms with Gasteiger partial charge >= 0.3 is 11.9 Å². The molecule has 8 nitrogen and oxygen atoms in total. The summed E-state index contributed by atoms with van der Waals surface area (Å²) < 4.78 is 17.1. The molecule has 0 N–H and O–H groups in total. The Labute approximate surface area is 337 Å². The molecule has 0 rings (SSSR count). The molecule has 0 aliphatic heterocycles. The third-order valence-corrected chi connectivity index (χ3v) is 9.70. The molecule has 0 heterocycles. The van der Waals surface area contributed by atoms with Crippen LogP contribution in [0.15, 0.2) is 48.6 Å². The number of aliphatic carboxylic acids is 1. The molecule has 0 bridgehead atoms. The first kappa shape index (κ1) is 52.3. The molecule has 0 radical (unpaired) electrons. The SMILES string of the molecule is CC/C=C/C/C=C/C/C=C/CCCCC(=O)OCC(COCCC(C(=O)[O-])[N+](C)(C)C)OC(=O)CCCCCCCCC/C=C/CCCCCCCCCC. The minimum atomic E-state index is -1.13. The number of allylic oxidation sites excluding steroid dienone is 8. The van der Waals surface area contributed by atoms with Gasteiger partial charge in [-0.3, -0.25) is 9.59 Å². The van der Waals surface area contributed by atoms with Gasteiger partial charge in [0, 0.05) is 19.3 Å². The monoisotopic (exact) mass is 774 g/mol. The Balaban J connectivity index is 4.35. The van der Waals surface area contributed by atoms with Crippen LogP contribution in [0.5, 0.6) is 0 Å². The maximum Gasteiger partial charge on any atom is 0.306 e. The Bertz CT molecular complexity index is 1040. The zero-order valence-electron chi connectivity index (χ0n) is 36.1. The molecule has 0 aliphatic carbocycles. The molecule has 8 heteroatoms. The van der Waals surface area contributed by atoms with Gasteiger partial charge in [-0.2, -0.15) is 0 Å². The summed E-state index contributed by atoms with van der Waals surface area (Å²) in [5.74, 6) is -1.79. The predicted octanol–water partition coefficient (Wildman–Crippen LogP) is 10.7. The number of likely N-dealkylation sites (N-methyl/N-ethyl adjacent to an activating group) is 1. The molecule has 0 spiro atoms. The van der Waals surface area contributed by atoms with Gasteiger partial charge in [0.15, 0.2) is 6.10 Å². The van der Waals surface area contributed by atoms with Crippen LogP contribution >= 0.6 is 0 Å². The van der Waals surface area contributed by atoms with Crippen molar-refractivity contribution in [1.29, 1.82) is 0 Å². The van der Waals surface area contributed by atoms with Gasteiger partial charge in [0.05, 0.1) is 40.3 Å².